The minimum absolute atomic E-state index is 0. The number of carbonyl (C=O) groups is 6. The van der Waals surface area contributed by atoms with Crippen molar-refractivity contribution in [3.05, 3.63) is 0 Å². The molecule has 0 aliphatic carbocycles. The van der Waals surface area contributed by atoms with Crippen LogP contribution in [0.15, 0.2) is 0 Å². The fourth-order valence-electron chi connectivity index (χ4n) is 2.27. The summed E-state index contributed by atoms with van der Waals surface area (Å²) in [6.07, 6.45) is -5.43. The molecule has 0 aliphatic rings. The number of hydrogen-bond acceptors (Lipinski definition) is 17. The first-order valence-electron chi connectivity index (χ1n) is 13.6. The molecule has 0 saturated carbocycles. The van der Waals surface area contributed by atoms with Crippen molar-refractivity contribution in [3.8, 4) is 0 Å². The zero-order valence-electron chi connectivity index (χ0n) is 28.9. The summed E-state index contributed by atoms with van der Waals surface area (Å²) in [5.74, 6) is -12.0. The van der Waals surface area contributed by atoms with Gasteiger partial charge in [-0.25, -0.2) is 0 Å². The van der Waals surface area contributed by atoms with Crippen molar-refractivity contribution >= 4 is 35.8 Å². The molecule has 285 valence electrons. The summed E-state index contributed by atoms with van der Waals surface area (Å²) in [6, 6.07) is 0. The second kappa shape index (κ2) is 26.9. The summed E-state index contributed by atoms with van der Waals surface area (Å²) in [6.45, 7) is 3.34. The molecule has 0 aromatic carbocycles. The molecule has 0 fully saturated rings. The van der Waals surface area contributed by atoms with Gasteiger partial charge in [0, 0.05) is 49.6 Å². The SMILES string of the molecule is C[N+](C)(C)CCO.C[N+](C)(C)CCO.C[N+](C)(C)CCO.O=C([O-])CC(O)(CC(=O)[O-])C(=O)[O-].O=C([O-])CC(O)(CC(=O)[O-])C(=O)[O-].[Fe+3]. The van der Waals surface area contributed by atoms with E-state index >= 15 is 0 Å². The zero-order chi connectivity index (χ0) is 39.0. The molecule has 0 atom stereocenters. The van der Waals surface area contributed by atoms with Gasteiger partial charge in [-0.15, -0.1) is 0 Å². The third-order valence-corrected chi connectivity index (χ3v) is 4.82. The first-order chi connectivity index (χ1) is 20.7. The Kier molecular flexibility index (Phi) is 32.1. The summed E-state index contributed by atoms with van der Waals surface area (Å²) in [4.78, 5) is 60.0. The molecule has 0 aromatic heterocycles. The Bertz CT molecular complexity index is 837. The summed E-state index contributed by atoms with van der Waals surface area (Å²) in [5, 5.41) is 103. The third kappa shape index (κ3) is 45.1. The van der Waals surface area contributed by atoms with E-state index in [0.29, 0.717) is 0 Å². The minimum atomic E-state index is -2.97. The Labute approximate surface area is 290 Å². The van der Waals surface area contributed by atoms with Crippen molar-refractivity contribution in [1.82, 2.24) is 0 Å². The van der Waals surface area contributed by atoms with Crippen LogP contribution in [-0.2, 0) is 45.8 Å². The summed E-state index contributed by atoms with van der Waals surface area (Å²) in [7, 11) is 18.5. The molecule has 0 spiro atoms. The van der Waals surface area contributed by atoms with Gasteiger partial charge in [0.05, 0.1) is 95.2 Å². The maximum absolute atomic E-state index is 10.1. The van der Waals surface area contributed by atoms with Crippen molar-refractivity contribution in [2.45, 2.75) is 36.9 Å². The first kappa shape index (κ1) is 57.3. The molecule has 48 heavy (non-hydrogen) atoms. The van der Waals surface area contributed by atoms with Crippen LogP contribution in [0.2, 0.25) is 0 Å². The molecule has 0 aromatic rings. The number of aliphatic hydroxyl groups excluding tert-OH is 3. The predicted molar refractivity (Wildman–Crippen MR) is 148 cm³/mol. The second-order valence-electron chi connectivity index (χ2n) is 13.0. The van der Waals surface area contributed by atoms with Gasteiger partial charge < -0.3 is 98.4 Å². The number of likely N-dealkylation sites (N-methyl/N-ethyl adjacent to an activating group) is 3. The fourth-order valence-corrected chi connectivity index (χ4v) is 2.27. The van der Waals surface area contributed by atoms with Crippen molar-refractivity contribution in [2.75, 3.05) is 103 Å². The van der Waals surface area contributed by atoms with Crippen molar-refractivity contribution in [2.24, 2.45) is 0 Å². The molecule has 0 heterocycles. The maximum atomic E-state index is 10.1. The molecule has 1 radical (unpaired) electrons. The van der Waals surface area contributed by atoms with Crippen LogP contribution >= 0.6 is 0 Å². The maximum Gasteiger partial charge on any atom is 3.00 e. The van der Waals surface area contributed by atoms with Gasteiger partial charge in [-0.1, -0.05) is 0 Å². The average molecular weight is 747 g/mol. The van der Waals surface area contributed by atoms with Crippen LogP contribution in [0.1, 0.15) is 25.7 Å². The number of aliphatic carboxylic acids is 6. The van der Waals surface area contributed by atoms with Crippen LogP contribution in [0.4, 0.5) is 0 Å². The molecular formula is C27H52FeN3O17. The van der Waals surface area contributed by atoms with Gasteiger partial charge >= 0.3 is 17.1 Å². The molecule has 0 rings (SSSR count). The van der Waals surface area contributed by atoms with Crippen molar-refractivity contribution < 1.29 is 115 Å². The molecule has 0 amide bonds. The van der Waals surface area contributed by atoms with E-state index in [1.807, 2.05) is 0 Å². The second-order valence-corrected chi connectivity index (χ2v) is 13.0. The number of quaternary nitrogens is 3. The van der Waals surface area contributed by atoms with Gasteiger partial charge in [0.2, 0.25) is 0 Å². The van der Waals surface area contributed by atoms with E-state index in [0.717, 1.165) is 33.1 Å². The monoisotopic (exact) mass is 746 g/mol. The van der Waals surface area contributed by atoms with E-state index in [4.69, 9.17) is 25.5 Å². The molecule has 0 bridgehead atoms. The Morgan fingerprint density at radius 2 is 0.583 bits per heavy atom. The number of carboxylic acid groups (broad SMARTS) is 6. The topological polar surface area (TPSA) is 342 Å². The zero-order valence-corrected chi connectivity index (χ0v) is 30.0. The average Bonchev–Trinajstić information content (AvgIpc) is 2.76. The van der Waals surface area contributed by atoms with Gasteiger partial charge in [-0.2, -0.15) is 0 Å². The molecule has 0 saturated heterocycles. The van der Waals surface area contributed by atoms with Crippen LogP contribution in [0, 0.1) is 0 Å². The van der Waals surface area contributed by atoms with E-state index in [9.17, 15) is 59.4 Å². The van der Waals surface area contributed by atoms with Crippen LogP contribution in [0.3, 0.4) is 0 Å². The standard InChI is InChI=1S/2C6H8O7.3C5H14NO.Fe/c2*7-3(8)1-6(13,5(11)12)2-4(9)10;3*1-6(2,3)4-5-7;/h2*13H,1-2H2,(H,7,8)(H,9,10)(H,11,12);3*7H,4-5H2,1-3H3;/q;;3*+1;+3/p-6. The largest absolute Gasteiger partial charge is 3.00 e. The molecule has 21 heteroatoms. The smallest absolute Gasteiger partial charge is 0.550 e. The number of nitrogens with zero attached hydrogens (tertiary/aromatic N) is 3. The van der Waals surface area contributed by atoms with E-state index in [1.165, 1.54) is 0 Å². The summed E-state index contributed by atoms with van der Waals surface area (Å²) >= 11 is 0. The normalized spacial score (nSPS) is 11.1. The van der Waals surface area contributed by atoms with Crippen molar-refractivity contribution in [1.29, 1.82) is 0 Å². The Morgan fingerprint density at radius 3 is 0.625 bits per heavy atom. The number of carbonyl (C=O) groups excluding carboxylic acids is 6. The van der Waals surface area contributed by atoms with Gasteiger partial charge in [0.1, 0.15) is 30.8 Å². The first-order valence-corrected chi connectivity index (χ1v) is 13.6. The number of aliphatic hydroxyl groups is 5. The number of hydrogen-bond donors (Lipinski definition) is 5. The molecule has 5 N–H and O–H groups in total. The summed E-state index contributed by atoms with van der Waals surface area (Å²) in [5.41, 5.74) is -5.95. The Morgan fingerprint density at radius 1 is 0.438 bits per heavy atom. The quantitative estimate of drug-likeness (QED) is 0.0723. The van der Waals surface area contributed by atoms with E-state index in [1.54, 1.807) is 0 Å². The number of rotatable bonds is 16. The van der Waals surface area contributed by atoms with Crippen molar-refractivity contribution in [3.63, 3.8) is 0 Å². The Balaban J connectivity index is -0.000000118. The van der Waals surface area contributed by atoms with E-state index in [2.05, 4.69) is 63.4 Å². The van der Waals surface area contributed by atoms with Gasteiger partial charge in [0.25, 0.3) is 0 Å². The van der Waals surface area contributed by atoms with Crippen LogP contribution in [0.25, 0.3) is 0 Å². The van der Waals surface area contributed by atoms with Crippen LogP contribution in [0.5, 0.6) is 0 Å². The molecular weight excluding hydrogens is 694 g/mol. The summed E-state index contributed by atoms with van der Waals surface area (Å²) < 4.78 is 2.53. The molecule has 20 nitrogen and oxygen atoms in total. The van der Waals surface area contributed by atoms with Crippen LogP contribution < -0.4 is 30.6 Å². The molecule has 0 unspecified atom stereocenters. The predicted octanol–water partition coefficient (Wildman–Crippen LogP) is -11.5. The van der Waals surface area contributed by atoms with Gasteiger partial charge in [0.15, 0.2) is 0 Å². The Hall–Kier alpha value is -2.98. The fraction of sp³-hybridized carbons (Fsp3) is 0.778. The molecule has 0 aliphatic heterocycles. The number of carboxylic acids is 6. The van der Waals surface area contributed by atoms with E-state index in [-0.39, 0.29) is 36.9 Å². The third-order valence-electron chi connectivity index (χ3n) is 4.82. The van der Waals surface area contributed by atoms with Gasteiger partial charge in [-0.3, -0.25) is 0 Å². The van der Waals surface area contributed by atoms with Gasteiger partial charge in [-0.05, 0) is 0 Å². The minimum Gasteiger partial charge on any atom is -0.550 e. The van der Waals surface area contributed by atoms with E-state index < -0.39 is 72.7 Å². The van der Waals surface area contributed by atoms with Crippen LogP contribution in [-0.4, -0.2) is 189 Å².